The predicted octanol–water partition coefficient (Wildman–Crippen LogP) is 1.63. The first-order chi connectivity index (χ1) is 4.63. The number of thiol groups is 4. The summed E-state index contributed by atoms with van der Waals surface area (Å²) in [5.41, 5.74) is 0. The number of hydrogen-bond donors (Lipinski definition) is 4. The Kier molecular flexibility index (Phi) is 2.79. The Bertz CT molecular complexity index is 235. The zero-order valence-electron chi connectivity index (χ0n) is 4.68. The van der Waals surface area contributed by atoms with Gasteiger partial charge >= 0.3 is 0 Å². The Morgan fingerprint density at radius 1 is 0.700 bits per heavy atom. The van der Waals surface area contributed by atoms with Crippen molar-refractivity contribution in [3.63, 3.8) is 0 Å². The Labute approximate surface area is 80.5 Å². The average Bonchev–Trinajstić information content (AvgIpc) is 1.93. The zero-order chi connectivity index (χ0) is 7.72. The second-order valence-corrected chi connectivity index (χ2v) is 3.29. The zero-order valence-corrected chi connectivity index (χ0v) is 8.26. The second kappa shape index (κ2) is 3.25. The molecule has 2 nitrogen and oxygen atoms in total. The van der Waals surface area contributed by atoms with Gasteiger partial charge < -0.3 is 0 Å². The minimum Gasteiger partial charge on any atom is -0.142 e. The Balaban J connectivity index is 3.34. The molecule has 0 saturated heterocycles. The maximum absolute atomic E-state index is 4.08. The molecule has 0 amide bonds. The summed E-state index contributed by atoms with van der Waals surface area (Å²) in [5.74, 6) is 0. The van der Waals surface area contributed by atoms with Gasteiger partial charge in [-0.25, -0.2) is 0 Å². The SMILES string of the molecule is Sc1nnc(S)c(S)c1S. The van der Waals surface area contributed by atoms with Gasteiger partial charge in [-0.2, -0.15) is 0 Å². The largest absolute Gasteiger partial charge is 0.142 e. The van der Waals surface area contributed by atoms with Gasteiger partial charge in [-0.05, 0) is 0 Å². The van der Waals surface area contributed by atoms with Crippen LogP contribution in [0.4, 0.5) is 0 Å². The molecule has 10 heavy (non-hydrogen) atoms. The van der Waals surface area contributed by atoms with E-state index in [-0.39, 0.29) is 0 Å². The lowest BCUT2D eigenvalue weighted by Gasteiger charge is -2.00. The lowest BCUT2D eigenvalue weighted by Crippen LogP contribution is -1.88. The first-order valence-corrected chi connectivity index (χ1v) is 4.08. The lowest BCUT2D eigenvalue weighted by atomic mass is 10.6. The first-order valence-electron chi connectivity index (χ1n) is 2.29. The van der Waals surface area contributed by atoms with Crippen LogP contribution in [0.1, 0.15) is 0 Å². The van der Waals surface area contributed by atoms with Crippen molar-refractivity contribution in [2.75, 3.05) is 0 Å². The highest BCUT2D eigenvalue weighted by Crippen LogP contribution is 2.26. The fraction of sp³-hybridized carbons (Fsp3) is 0. The van der Waals surface area contributed by atoms with E-state index in [9.17, 15) is 0 Å². The third-order valence-electron chi connectivity index (χ3n) is 0.887. The van der Waals surface area contributed by atoms with Crippen molar-refractivity contribution in [1.82, 2.24) is 10.2 Å². The first kappa shape index (κ1) is 8.58. The number of rotatable bonds is 0. The molecule has 0 N–H and O–H groups in total. The van der Waals surface area contributed by atoms with Gasteiger partial charge in [0, 0.05) is 0 Å². The Morgan fingerprint density at radius 3 is 1.30 bits per heavy atom. The fourth-order valence-corrected chi connectivity index (χ4v) is 1.19. The van der Waals surface area contributed by atoms with E-state index in [1.807, 2.05) is 0 Å². The lowest BCUT2D eigenvalue weighted by molar-refractivity contribution is 0.761. The maximum atomic E-state index is 4.08. The van der Waals surface area contributed by atoms with Crippen LogP contribution in [-0.4, -0.2) is 10.2 Å². The second-order valence-electron chi connectivity index (χ2n) is 1.54. The molecule has 0 aromatic carbocycles. The van der Waals surface area contributed by atoms with Crippen molar-refractivity contribution < 1.29 is 0 Å². The van der Waals surface area contributed by atoms with Gasteiger partial charge in [0.05, 0.1) is 9.79 Å². The topological polar surface area (TPSA) is 25.8 Å². The van der Waals surface area contributed by atoms with Crippen LogP contribution in [-0.2, 0) is 0 Å². The number of aromatic nitrogens is 2. The van der Waals surface area contributed by atoms with E-state index >= 15 is 0 Å². The third kappa shape index (κ3) is 1.55. The van der Waals surface area contributed by atoms with E-state index < -0.39 is 0 Å². The van der Waals surface area contributed by atoms with Gasteiger partial charge in [-0.3, -0.25) is 0 Å². The van der Waals surface area contributed by atoms with Gasteiger partial charge in [0.15, 0.2) is 0 Å². The summed E-state index contributed by atoms with van der Waals surface area (Å²) in [6, 6.07) is 0. The predicted molar refractivity (Wildman–Crippen MR) is 51.0 cm³/mol. The smallest absolute Gasteiger partial charge is 0.130 e. The standard InChI is InChI=1S/C4H4N2S4/c7-1-2(8)4(10)6-5-3(1)9/h(H2,6,7,10)(H2,5,8,9). The molecule has 0 aliphatic heterocycles. The molecule has 0 saturated carbocycles. The van der Waals surface area contributed by atoms with E-state index in [0.29, 0.717) is 19.8 Å². The normalized spacial score (nSPS) is 10.0. The molecule has 0 aliphatic rings. The van der Waals surface area contributed by atoms with Crippen LogP contribution in [0.5, 0.6) is 0 Å². The molecule has 0 fully saturated rings. The molecular formula is C4H4N2S4. The highest BCUT2D eigenvalue weighted by Gasteiger charge is 2.04. The molecule has 0 aliphatic carbocycles. The van der Waals surface area contributed by atoms with E-state index in [1.54, 1.807) is 0 Å². The summed E-state index contributed by atoms with van der Waals surface area (Å²) in [6.07, 6.45) is 0. The Hall–Kier alpha value is 0.480. The molecule has 0 unspecified atom stereocenters. The van der Waals surface area contributed by atoms with Gasteiger partial charge in [-0.1, -0.05) is 0 Å². The minimum absolute atomic E-state index is 0.464. The molecular weight excluding hydrogens is 204 g/mol. The molecule has 1 rings (SSSR count). The number of nitrogens with zero attached hydrogens (tertiary/aromatic N) is 2. The minimum atomic E-state index is 0.464. The van der Waals surface area contributed by atoms with Crippen molar-refractivity contribution in [3.05, 3.63) is 0 Å². The summed E-state index contributed by atoms with van der Waals surface area (Å²) in [6.45, 7) is 0. The van der Waals surface area contributed by atoms with Gasteiger partial charge in [-0.15, -0.1) is 60.7 Å². The fourth-order valence-electron chi connectivity index (χ4n) is 0.401. The van der Waals surface area contributed by atoms with Crippen LogP contribution < -0.4 is 0 Å². The van der Waals surface area contributed by atoms with Crippen molar-refractivity contribution >= 4 is 50.5 Å². The van der Waals surface area contributed by atoms with Crippen molar-refractivity contribution in [2.24, 2.45) is 0 Å². The van der Waals surface area contributed by atoms with Gasteiger partial charge in [0.2, 0.25) is 0 Å². The van der Waals surface area contributed by atoms with Crippen LogP contribution >= 0.6 is 50.5 Å². The van der Waals surface area contributed by atoms with E-state index in [0.717, 1.165) is 0 Å². The highest BCUT2D eigenvalue weighted by atomic mass is 32.1. The number of hydrogen-bond acceptors (Lipinski definition) is 6. The van der Waals surface area contributed by atoms with Crippen LogP contribution in [0.15, 0.2) is 19.8 Å². The summed E-state index contributed by atoms with van der Waals surface area (Å²) < 4.78 is 0. The average molecular weight is 208 g/mol. The monoisotopic (exact) mass is 208 g/mol. The van der Waals surface area contributed by atoms with E-state index in [1.165, 1.54) is 0 Å². The quantitative estimate of drug-likeness (QED) is 0.488. The summed E-state index contributed by atoms with van der Waals surface area (Å²) in [7, 11) is 0. The highest BCUT2D eigenvalue weighted by molar-refractivity contribution is 7.86. The van der Waals surface area contributed by atoms with E-state index in [4.69, 9.17) is 0 Å². The molecule has 1 aromatic rings. The molecule has 0 bridgehead atoms. The van der Waals surface area contributed by atoms with Crippen LogP contribution in [0.2, 0.25) is 0 Å². The Morgan fingerprint density at radius 2 is 1.00 bits per heavy atom. The van der Waals surface area contributed by atoms with Crippen molar-refractivity contribution in [3.8, 4) is 0 Å². The van der Waals surface area contributed by atoms with Crippen LogP contribution in [0, 0.1) is 0 Å². The van der Waals surface area contributed by atoms with Crippen LogP contribution in [0.3, 0.4) is 0 Å². The maximum Gasteiger partial charge on any atom is 0.130 e. The summed E-state index contributed by atoms with van der Waals surface area (Å²) in [4.78, 5) is 1.21. The molecule has 0 radical (unpaired) electrons. The van der Waals surface area contributed by atoms with E-state index in [2.05, 4.69) is 60.7 Å². The van der Waals surface area contributed by atoms with Gasteiger partial charge in [0.1, 0.15) is 10.1 Å². The molecule has 54 valence electrons. The van der Waals surface area contributed by atoms with Crippen LogP contribution in [0.25, 0.3) is 0 Å². The van der Waals surface area contributed by atoms with Gasteiger partial charge in [0.25, 0.3) is 0 Å². The third-order valence-corrected chi connectivity index (χ3v) is 2.91. The van der Waals surface area contributed by atoms with Crippen molar-refractivity contribution in [2.45, 2.75) is 19.8 Å². The molecule has 1 aromatic heterocycles. The summed E-state index contributed by atoms with van der Waals surface area (Å²) >= 11 is 16.1. The molecule has 0 spiro atoms. The molecule has 6 heteroatoms. The van der Waals surface area contributed by atoms with Crippen molar-refractivity contribution in [1.29, 1.82) is 0 Å². The molecule has 1 heterocycles. The molecule has 0 atom stereocenters. The summed E-state index contributed by atoms with van der Waals surface area (Å²) in [5, 5.41) is 8.23.